The van der Waals surface area contributed by atoms with E-state index < -0.39 is 24.3 Å². The van der Waals surface area contributed by atoms with E-state index in [2.05, 4.69) is 15.6 Å². The lowest BCUT2D eigenvalue weighted by atomic mass is 10.0. The molecule has 3 amide bonds. The number of nitrogens with two attached hydrogens (primary N) is 1. The lowest BCUT2D eigenvalue weighted by Crippen LogP contribution is -2.47. The van der Waals surface area contributed by atoms with Crippen LogP contribution in [-0.2, 0) is 11.2 Å². The van der Waals surface area contributed by atoms with Gasteiger partial charge in [0.1, 0.15) is 0 Å². The molecule has 32 heavy (non-hydrogen) atoms. The maximum absolute atomic E-state index is 12.7. The van der Waals surface area contributed by atoms with Crippen LogP contribution in [0, 0.1) is 0 Å². The fourth-order valence-corrected chi connectivity index (χ4v) is 3.35. The summed E-state index contributed by atoms with van der Waals surface area (Å²) in [4.78, 5) is 38.4. The molecule has 0 radical (unpaired) electrons. The monoisotopic (exact) mass is 458 g/mol. The first-order valence-electron chi connectivity index (χ1n) is 9.84. The first-order valence-corrected chi connectivity index (χ1v) is 10.2. The van der Waals surface area contributed by atoms with E-state index in [-0.39, 0.29) is 25.1 Å². The highest BCUT2D eigenvalue weighted by atomic mass is 35.5. The number of carbonyl (C=O) groups is 2. The van der Waals surface area contributed by atoms with E-state index in [9.17, 15) is 19.5 Å². The van der Waals surface area contributed by atoms with Gasteiger partial charge in [0.2, 0.25) is 5.56 Å². The third-order valence-corrected chi connectivity index (χ3v) is 4.99. The summed E-state index contributed by atoms with van der Waals surface area (Å²) < 4.78 is 5.39. The van der Waals surface area contributed by atoms with Crippen molar-refractivity contribution in [2.45, 2.75) is 18.8 Å². The lowest BCUT2D eigenvalue weighted by molar-refractivity contribution is -0.116. The summed E-state index contributed by atoms with van der Waals surface area (Å²) in [5.74, 6) is -0.446. The number of aliphatic hydroxyl groups excluding tert-OH is 1. The first-order chi connectivity index (χ1) is 15.3. The SMILES string of the molecule is NC(=O)NCCOC(O)C(Cc1cc(=O)[nH]c2ccccc12)NC(=O)c1ccc(Cl)cc1. The molecule has 0 aliphatic heterocycles. The Bertz CT molecular complexity index is 1150. The number of amides is 3. The topological polar surface area (TPSA) is 147 Å². The molecule has 0 bridgehead atoms. The summed E-state index contributed by atoms with van der Waals surface area (Å²) in [5.41, 5.74) is 6.32. The second-order valence-corrected chi connectivity index (χ2v) is 7.48. The molecule has 0 aliphatic rings. The van der Waals surface area contributed by atoms with Crippen molar-refractivity contribution >= 4 is 34.4 Å². The zero-order valence-electron chi connectivity index (χ0n) is 17.0. The number of nitrogens with one attached hydrogen (secondary N) is 3. The molecule has 6 N–H and O–H groups in total. The van der Waals surface area contributed by atoms with Crippen molar-refractivity contribution < 1.29 is 19.4 Å². The van der Waals surface area contributed by atoms with Crippen molar-refractivity contribution in [3.8, 4) is 0 Å². The van der Waals surface area contributed by atoms with Gasteiger partial charge in [0.25, 0.3) is 5.91 Å². The van der Waals surface area contributed by atoms with Crippen molar-refractivity contribution in [2.24, 2.45) is 5.73 Å². The number of fused-ring (bicyclic) bond motifs is 1. The molecule has 2 aromatic carbocycles. The van der Waals surface area contributed by atoms with Crippen LogP contribution in [0.2, 0.25) is 5.02 Å². The van der Waals surface area contributed by atoms with E-state index in [1.165, 1.54) is 6.07 Å². The van der Waals surface area contributed by atoms with E-state index in [1.54, 1.807) is 36.4 Å². The molecule has 10 heteroatoms. The molecule has 0 saturated heterocycles. The predicted molar refractivity (Wildman–Crippen MR) is 121 cm³/mol. The summed E-state index contributed by atoms with van der Waals surface area (Å²) in [6.45, 7) is 0.0473. The standard InChI is InChI=1S/C22H23ClN4O5/c23-15-7-5-13(6-8-15)20(29)27-18(21(30)32-10-9-25-22(24)31)11-14-12-19(28)26-17-4-2-1-3-16(14)17/h1-8,12,18,21,30H,9-11H2,(H,26,28)(H,27,29)(H3,24,25,31). The van der Waals surface area contributed by atoms with Gasteiger partial charge in [-0.2, -0.15) is 0 Å². The van der Waals surface area contributed by atoms with Crippen molar-refractivity contribution in [1.29, 1.82) is 0 Å². The lowest BCUT2D eigenvalue weighted by Gasteiger charge is -2.25. The number of ether oxygens (including phenoxy) is 1. The van der Waals surface area contributed by atoms with Crippen molar-refractivity contribution in [2.75, 3.05) is 13.2 Å². The van der Waals surface area contributed by atoms with Crippen LogP contribution in [0.3, 0.4) is 0 Å². The van der Waals surface area contributed by atoms with Crippen LogP contribution in [0.5, 0.6) is 0 Å². The number of halogens is 1. The minimum Gasteiger partial charge on any atom is -0.366 e. The largest absolute Gasteiger partial charge is 0.366 e. The number of pyridine rings is 1. The molecular formula is C22H23ClN4O5. The van der Waals surface area contributed by atoms with Crippen LogP contribution in [0.25, 0.3) is 10.9 Å². The highest BCUT2D eigenvalue weighted by molar-refractivity contribution is 6.30. The summed E-state index contributed by atoms with van der Waals surface area (Å²) in [5, 5.41) is 17.0. The van der Waals surface area contributed by atoms with E-state index in [4.69, 9.17) is 22.1 Å². The summed E-state index contributed by atoms with van der Waals surface area (Å²) >= 11 is 5.88. The maximum atomic E-state index is 12.7. The number of aromatic nitrogens is 1. The molecule has 2 atom stereocenters. The van der Waals surface area contributed by atoms with E-state index in [0.717, 1.165) is 5.39 Å². The van der Waals surface area contributed by atoms with Crippen molar-refractivity contribution in [3.05, 3.63) is 81.1 Å². The zero-order chi connectivity index (χ0) is 23.1. The normalized spacial score (nSPS) is 12.8. The molecule has 0 fully saturated rings. The molecule has 3 rings (SSSR count). The number of H-pyrrole nitrogens is 1. The number of aliphatic hydroxyl groups is 1. The number of primary amides is 1. The molecule has 1 aromatic heterocycles. The Hall–Kier alpha value is -3.40. The molecule has 9 nitrogen and oxygen atoms in total. The van der Waals surface area contributed by atoms with Gasteiger partial charge in [0, 0.05) is 34.1 Å². The van der Waals surface area contributed by atoms with Gasteiger partial charge in [-0.15, -0.1) is 0 Å². The third-order valence-electron chi connectivity index (χ3n) is 4.73. The number of para-hydroxylation sites is 1. The minimum atomic E-state index is -1.42. The van der Waals surface area contributed by atoms with Gasteiger partial charge in [-0.05, 0) is 42.3 Å². The van der Waals surface area contributed by atoms with Gasteiger partial charge in [-0.3, -0.25) is 9.59 Å². The fourth-order valence-electron chi connectivity index (χ4n) is 3.23. The Kier molecular flexibility index (Phi) is 7.82. The number of rotatable bonds is 9. The van der Waals surface area contributed by atoms with E-state index in [0.29, 0.717) is 21.7 Å². The molecule has 3 aromatic rings. The summed E-state index contributed by atoms with van der Waals surface area (Å²) in [6, 6.07) is 13.3. The third kappa shape index (κ3) is 6.30. The second kappa shape index (κ2) is 10.8. The molecule has 0 spiro atoms. The van der Waals surface area contributed by atoms with Crippen LogP contribution in [-0.4, -0.2) is 47.5 Å². The average Bonchev–Trinajstić information content (AvgIpc) is 2.76. The minimum absolute atomic E-state index is 0.0342. The van der Waals surface area contributed by atoms with Crippen LogP contribution in [0.4, 0.5) is 4.79 Å². The van der Waals surface area contributed by atoms with Crippen molar-refractivity contribution in [1.82, 2.24) is 15.6 Å². The van der Waals surface area contributed by atoms with E-state index >= 15 is 0 Å². The van der Waals surface area contributed by atoms with Gasteiger partial charge in [-0.25, -0.2) is 4.79 Å². The van der Waals surface area contributed by atoms with E-state index in [1.807, 2.05) is 12.1 Å². The van der Waals surface area contributed by atoms with Gasteiger partial charge < -0.3 is 31.2 Å². The molecule has 0 saturated carbocycles. The molecular weight excluding hydrogens is 436 g/mol. The Morgan fingerprint density at radius 2 is 1.88 bits per heavy atom. The molecule has 2 unspecified atom stereocenters. The van der Waals surface area contributed by atoms with Crippen molar-refractivity contribution in [3.63, 3.8) is 0 Å². The Morgan fingerprint density at radius 1 is 1.16 bits per heavy atom. The maximum Gasteiger partial charge on any atom is 0.312 e. The summed E-state index contributed by atoms with van der Waals surface area (Å²) in [6.07, 6.45) is -1.30. The van der Waals surface area contributed by atoms with Gasteiger partial charge >= 0.3 is 6.03 Å². The highest BCUT2D eigenvalue weighted by Crippen LogP contribution is 2.18. The van der Waals surface area contributed by atoms with Gasteiger partial charge in [0.05, 0.1) is 12.6 Å². The zero-order valence-corrected chi connectivity index (χ0v) is 17.8. The van der Waals surface area contributed by atoms with Crippen LogP contribution < -0.4 is 21.9 Å². The molecule has 168 valence electrons. The number of hydrogen-bond acceptors (Lipinski definition) is 5. The van der Waals surface area contributed by atoms with Crippen LogP contribution >= 0.6 is 11.6 Å². The smallest absolute Gasteiger partial charge is 0.312 e. The second-order valence-electron chi connectivity index (χ2n) is 7.05. The van der Waals surface area contributed by atoms with Crippen LogP contribution in [0.1, 0.15) is 15.9 Å². The van der Waals surface area contributed by atoms with Gasteiger partial charge in [0.15, 0.2) is 6.29 Å². The van der Waals surface area contributed by atoms with Gasteiger partial charge in [-0.1, -0.05) is 29.8 Å². The Morgan fingerprint density at radius 3 is 2.59 bits per heavy atom. The Labute approximate surface area is 188 Å². The summed E-state index contributed by atoms with van der Waals surface area (Å²) in [7, 11) is 0. The highest BCUT2D eigenvalue weighted by Gasteiger charge is 2.24. The average molecular weight is 459 g/mol. The number of aromatic amines is 1. The number of benzene rings is 2. The molecule has 1 heterocycles. The Balaban J connectivity index is 1.83. The quantitative estimate of drug-likeness (QED) is 0.244. The fraction of sp³-hybridized carbons (Fsp3) is 0.227. The number of hydrogen-bond donors (Lipinski definition) is 5. The molecule has 0 aliphatic carbocycles. The number of carbonyl (C=O) groups excluding carboxylic acids is 2. The first kappa shape index (κ1) is 23.3. The predicted octanol–water partition coefficient (Wildman–Crippen LogP) is 1.53. The van der Waals surface area contributed by atoms with Crippen LogP contribution in [0.15, 0.2) is 59.4 Å². The number of urea groups is 1.